The molecule has 0 unspecified atom stereocenters. The van der Waals surface area contributed by atoms with Crippen molar-refractivity contribution in [1.29, 1.82) is 0 Å². The van der Waals surface area contributed by atoms with Gasteiger partial charge in [0, 0.05) is 30.3 Å². The van der Waals surface area contributed by atoms with Crippen molar-refractivity contribution in [3.63, 3.8) is 0 Å². The number of anilines is 1. The minimum atomic E-state index is -0.156. The summed E-state index contributed by atoms with van der Waals surface area (Å²) < 4.78 is 5.72. The van der Waals surface area contributed by atoms with Gasteiger partial charge in [-0.3, -0.25) is 14.6 Å². The van der Waals surface area contributed by atoms with Crippen LogP contribution in [0.1, 0.15) is 18.4 Å². The van der Waals surface area contributed by atoms with Crippen molar-refractivity contribution in [3.8, 4) is 0 Å². The number of benzene rings is 1. The van der Waals surface area contributed by atoms with Crippen molar-refractivity contribution in [2.24, 2.45) is 10.9 Å². The van der Waals surface area contributed by atoms with E-state index in [-0.39, 0.29) is 48.3 Å². The van der Waals surface area contributed by atoms with Gasteiger partial charge in [0.15, 0.2) is 5.96 Å². The van der Waals surface area contributed by atoms with E-state index in [2.05, 4.69) is 36.5 Å². The number of halogens is 2. The summed E-state index contributed by atoms with van der Waals surface area (Å²) in [6.07, 6.45) is 1.44. The van der Waals surface area contributed by atoms with Gasteiger partial charge in [-0.1, -0.05) is 22.0 Å². The fraction of sp³-hybridized carbons (Fsp3) is 0.500. The Bertz CT molecular complexity index is 691. The number of nitrogens with one attached hydrogen (secondary N) is 2. The van der Waals surface area contributed by atoms with Crippen LogP contribution in [-0.2, 0) is 14.3 Å². The van der Waals surface area contributed by atoms with Gasteiger partial charge in [-0.25, -0.2) is 0 Å². The van der Waals surface area contributed by atoms with Crippen LogP contribution in [0.4, 0.5) is 5.69 Å². The number of aliphatic imine (C=N–C) groups is 1. The quantitative estimate of drug-likeness (QED) is 0.260. The van der Waals surface area contributed by atoms with Crippen LogP contribution in [0.25, 0.3) is 0 Å². The van der Waals surface area contributed by atoms with Gasteiger partial charge in [0.05, 0.1) is 19.6 Å². The third kappa shape index (κ3) is 6.95. The van der Waals surface area contributed by atoms with Gasteiger partial charge < -0.3 is 20.3 Å². The molecule has 2 N–H and O–H groups in total. The Balaban J connectivity index is 0.00000364. The number of nitrogens with zero attached hydrogens (tertiary/aromatic N) is 2. The maximum Gasteiger partial charge on any atom is 0.308 e. The molecule has 0 radical (unpaired) electrons. The van der Waals surface area contributed by atoms with Gasteiger partial charge in [-0.15, -0.1) is 24.0 Å². The Morgan fingerprint density at radius 1 is 1.33 bits per heavy atom. The van der Waals surface area contributed by atoms with E-state index >= 15 is 0 Å². The summed E-state index contributed by atoms with van der Waals surface area (Å²) in [5, 5.41) is 5.98. The van der Waals surface area contributed by atoms with Crippen molar-refractivity contribution < 1.29 is 14.3 Å². The van der Waals surface area contributed by atoms with E-state index in [9.17, 15) is 9.59 Å². The van der Waals surface area contributed by atoms with Crippen LogP contribution < -0.4 is 10.6 Å². The molecule has 7 nitrogen and oxygen atoms in total. The molecule has 0 aliphatic carbocycles. The summed E-state index contributed by atoms with van der Waals surface area (Å²) in [5.41, 5.74) is 1.77. The highest BCUT2D eigenvalue weighted by atomic mass is 127. The molecule has 0 spiro atoms. The SMILES string of the molecule is CN=C(NCC(=O)Nc1cc(Br)ccc1C)N1CCC(C(=O)OC)CC1.I. The molecule has 1 aromatic rings. The maximum absolute atomic E-state index is 12.2. The number of likely N-dealkylation sites (tertiary alicyclic amines) is 1. The van der Waals surface area contributed by atoms with Gasteiger partial charge in [0.25, 0.3) is 0 Å². The van der Waals surface area contributed by atoms with E-state index < -0.39 is 0 Å². The lowest BCUT2D eigenvalue weighted by Crippen LogP contribution is -2.48. The van der Waals surface area contributed by atoms with Crippen LogP contribution in [0.15, 0.2) is 27.7 Å². The summed E-state index contributed by atoms with van der Waals surface area (Å²) in [6, 6.07) is 5.75. The maximum atomic E-state index is 12.2. The Morgan fingerprint density at radius 3 is 2.59 bits per heavy atom. The third-order valence-corrected chi connectivity index (χ3v) is 4.91. The van der Waals surface area contributed by atoms with Crippen LogP contribution in [0.5, 0.6) is 0 Å². The summed E-state index contributed by atoms with van der Waals surface area (Å²) in [6.45, 7) is 3.47. The summed E-state index contributed by atoms with van der Waals surface area (Å²) in [4.78, 5) is 30.1. The molecule has 1 aliphatic heterocycles. The van der Waals surface area contributed by atoms with Crippen molar-refractivity contribution in [3.05, 3.63) is 28.2 Å². The number of amides is 1. The number of hydrogen-bond acceptors (Lipinski definition) is 4. The predicted molar refractivity (Wildman–Crippen MR) is 121 cm³/mol. The molecule has 0 aromatic heterocycles. The predicted octanol–water partition coefficient (Wildman–Crippen LogP) is 2.77. The second-order valence-electron chi connectivity index (χ2n) is 6.19. The summed E-state index contributed by atoms with van der Waals surface area (Å²) >= 11 is 3.41. The zero-order chi connectivity index (χ0) is 19.1. The molecule has 0 saturated carbocycles. The van der Waals surface area contributed by atoms with E-state index in [1.807, 2.05) is 25.1 Å². The number of carbonyl (C=O) groups excluding carboxylic acids is 2. The average Bonchev–Trinajstić information content (AvgIpc) is 2.65. The Labute approximate surface area is 185 Å². The van der Waals surface area contributed by atoms with Gasteiger partial charge in [-0.2, -0.15) is 0 Å². The minimum Gasteiger partial charge on any atom is -0.469 e. The lowest BCUT2D eigenvalue weighted by atomic mass is 9.97. The Hall–Kier alpha value is -1.36. The molecule has 1 heterocycles. The average molecular weight is 553 g/mol. The zero-order valence-electron chi connectivity index (χ0n) is 15.8. The number of esters is 1. The molecular formula is C18H26BrIN4O3. The number of piperidine rings is 1. The highest BCUT2D eigenvalue weighted by Crippen LogP contribution is 2.20. The van der Waals surface area contributed by atoms with E-state index in [1.54, 1.807) is 7.05 Å². The lowest BCUT2D eigenvalue weighted by molar-refractivity contribution is -0.146. The smallest absolute Gasteiger partial charge is 0.308 e. The highest BCUT2D eigenvalue weighted by Gasteiger charge is 2.27. The highest BCUT2D eigenvalue weighted by molar-refractivity contribution is 14.0. The van der Waals surface area contributed by atoms with E-state index in [1.165, 1.54) is 7.11 Å². The third-order valence-electron chi connectivity index (χ3n) is 4.42. The second-order valence-corrected chi connectivity index (χ2v) is 7.11. The first kappa shape index (κ1) is 23.7. The first-order chi connectivity index (χ1) is 12.4. The monoisotopic (exact) mass is 552 g/mol. The summed E-state index contributed by atoms with van der Waals surface area (Å²) in [7, 11) is 3.10. The number of methoxy groups -OCH3 is 1. The van der Waals surface area contributed by atoms with Crippen LogP contribution in [0, 0.1) is 12.8 Å². The molecule has 27 heavy (non-hydrogen) atoms. The number of rotatable bonds is 4. The number of aryl methyl sites for hydroxylation is 1. The second kappa shape index (κ2) is 11.5. The van der Waals surface area contributed by atoms with E-state index in [0.717, 1.165) is 28.6 Å². The first-order valence-electron chi connectivity index (χ1n) is 8.54. The van der Waals surface area contributed by atoms with Crippen LogP contribution in [0.2, 0.25) is 0 Å². The van der Waals surface area contributed by atoms with Gasteiger partial charge in [0.1, 0.15) is 0 Å². The van der Waals surface area contributed by atoms with E-state index in [4.69, 9.17) is 4.74 Å². The van der Waals surface area contributed by atoms with Gasteiger partial charge >= 0.3 is 5.97 Å². The molecule has 0 bridgehead atoms. The Morgan fingerprint density at radius 2 is 2.00 bits per heavy atom. The number of carbonyl (C=O) groups is 2. The van der Waals surface area contributed by atoms with Crippen LogP contribution >= 0.6 is 39.9 Å². The van der Waals surface area contributed by atoms with Crippen molar-refractivity contribution in [1.82, 2.24) is 10.2 Å². The van der Waals surface area contributed by atoms with Crippen molar-refractivity contribution in [2.75, 3.05) is 39.1 Å². The fourth-order valence-corrected chi connectivity index (χ4v) is 3.27. The van der Waals surface area contributed by atoms with E-state index in [0.29, 0.717) is 19.0 Å². The number of ether oxygens (including phenoxy) is 1. The zero-order valence-corrected chi connectivity index (χ0v) is 19.7. The molecule has 1 aliphatic rings. The van der Waals surface area contributed by atoms with Crippen molar-refractivity contribution in [2.45, 2.75) is 19.8 Å². The number of guanidine groups is 1. The Kier molecular flexibility index (Phi) is 10.1. The first-order valence-corrected chi connectivity index (χ1v) is 9.33. The topological polar surface area (TPSA) is 83.0 Å². The largest absolute Gasteiger partial charge is 0.469 e. The molecule has 0 atom stereocenters. The van der Waals surface area contributed by atoms with Gasteiger partial charge in [-0.05, 0) is 37.5 Å². The van der Waals surface area contributed by atoms with Crippen molar-refractivity contribution >= 4 is 63.4 Å². The standard InChI is InChI=1S/C18H25BrN4O3.HI/c1-12-4-5-14(19)10-15(12)22-16(24)11-21-18(20-2)23-8-6-13(7-9-23)17(25)26-3;/h4-5,10,13H,6-9,11H2,1-3H3,(H,20,21)(H,22,24);1H. The van der Waals surface area contributed by atoms with Crippen LogP contribution in [-0.4, -0.2) is 56.5 Å². The molecule has 2 rings (SSSR count). The van der Waals surface area contributed by atoms with Crippen LogP contribution in [0.3, 0.4) is 0 Å². The lowest BCUT2D eigenvalue weighted by Gasteiger charge is -2.33. The molecular weight excluding hydrogens is 527 g/mol. The fourth-order valence-electron chi connectivity index (χ4n) is 2.91. The summed E-state index contributed by atoms with van der Waals surface area (Å²) in [5.74, 6) is 0.305. The molecule has 1 amide bonds. The molecule has 150 valence electrons. The van der Waals surface area contributed by atoms with Gasteiger partial charge in [0.2, 0.25) is 5.91 Å². The normalized spacial score (nSPS) is 15.0. The number of hydrogen-bond donors (Lipinski definition) is 2. The minimum absolute atomic E-state index is 0. The molecule has 9 heteroatoms. The molecule has 1 aromatic carbocycles. The molecule has 1 saturated heterocycles. The molecule has 1 fully saturated rings.